The second-order valence-corrected chi connectivity index (χ2v) is 7.73. The molecule has 0 amide bonds. The smallest absolute Gasteiger partial charge is 0.267 e. The summed E-state index contributed by atoms with van der Waals surface area (Å²) in [6, 6.07) is 1.81. The van der Waals surface area contributed by atoms with Gasteiger partial charge in [0.15, 0.2) is 0 Å². The van der Waals surface area contributed by atoms with Gasteiger partial charge in [-0.3, -0.25) is 9.69 Å². The molecule has 5 rings (SSSR count). The molecule has 2 aromatic rings. The minimum absolute atomic E-state index is 0.0585. The van der Waals surface area contributed by atoms with Gasteiger partial charge in [-0.2, -0.15) is 5.10 Å². The molecule has 0 spiro atoms. The quantitative estimate of drug-likeness (QED) is 0.848. The first-order valence-corrected chi connectivity index (χ1v) is 9.54. The van der Waals surface area contributed by atoms with E-state index in [-0.39, 0.29) is 5.56 Å². The predicted octanol–water partition coefficient (Wildman–Crippen LogP) is 1.73. The Morgan fingerprint density at radius 2 is 1.92 bits per heavy atom. The summed E-state index contributed by atoms with van der Waals surface area (Å²) in [5.41, 5.74) is 3.52. The van der Waals surface area contributed by atoms with Crippen molar-refractivity contribution in [1.82, 2.24) is 19.7 Å². The zero-order valence-corrected chi connectivity index (χ0v) is 14.5. The first-order valence-electron chi connectivity index (χ1n) is 9.54. The molecular formula is C19H24N4O2. The summed E-state index contributed by atoms with van der Waals surface area (Å²) in [5.74, 6) is 2.44. The molecule has 3 aliphatic rings. The molecule has 1 aliphatic heterocycles. The van der Waals surface area contributed by atoms with Crippen molar-refractivity contribution in [2.24, 2.45) is 5.92 Å². The number of likely N-dealkylation sites (tertiary alicyclic amines) is 1. The van der Waals surface area contributed by atoms with Crippen molar-refractivity contribution in [3.63, 3.8) is 0 Å². The van der Waals surface area contributed by atoms with Gasteiger partial charge < -0.3 is 4.42 Å². The summed E-state index contributed by atoms with van der Waals surface area (Å²) in [7, 11) is 0. The molecule has 3 heterocycles. The van der Waals surface area contributed by atoms with E-state index in [4.69, 9.17) is 4.42 Å². The Hall–Kier alpha value is -1.95. The molecule has 0 bridgehead atoms. The standard InChI is InChI=1S/C19H24N4O2/c24-19-8-14-4-1-2-5-15(14)21-23(19)11-13-9-22(10-13)12-18-20-16-6-3-7-17(16)25-18/h8,13H,1-7,9-12H2. The highest BCUT2D eigenvalue weighted by molar-refractivity contribution is 5.20. The minimum Gasteiger partial charge on any atom is -0.444 e. The first-order chi connectivity index (χ1) is 12.2. The fraction of sp³-hybridized carbons (Fsp3) is 0.632. The Labute approximate surface area is 146 Å². The predicted molar refractivity (Wildman–Crippen MR) is 92.4 cm³/mol. The van der Waals surface area contributed by atoms with Crippen molar-refractivity contribution in [3.05, 3.63) is 45.0 Å². The van der Waals surface area contributed by atoms with Crippen LogP contribution in [0.5, 0.6) is 0 Å². The van der Waals surface area contributed by atoms with Crippen molar-refractivity contribution in [3.8, 4) is 0 Å². The van der Waals surface area contributed by atoms with Gasteiger partial charge in [0, 0.05) is 31.5 Å². The number of aryl methyl sites for hydroxylation is 4. The van der Waals surface area contributed by atoms with Gasteiger partial charge in [-0.05, 0) is 44.1 Å². The van der Waals surface area contributed by atoms with Crippen LogP contribution in [0.15, 0.2) is 15.3 Å². The average molecular weight is 340 g/mol. The third-order valence-corrected chi connectivity index (χ3v) is 5.74. The van der Waals surface area contributed by atoms with Crippen molar-refractivity contribution in [2.45, 2.75) is 58.0 Å². The summed E-state index contributed by atoms with van der Waals surface area (Å²) in [5, 5.41) is 4.63. The summed E-state index contributed by atoms with van der Waals surface area (Å²) in [4.78, 5) is 19.2. The van der Waals surface area contributed by atoms with Gasteiger partial charge in [-0.25, -0.2) is 9.67 Å². The van der Waals surface area contributed by atoms with Gasteiger partial charge in [0.2, 0.25) is 5.89 Å². The van der Waals surface area contributed by atoms with E-state index in [0.717, 1.165) is 74.9 Å². The molecule has 2 aromatic heterocycles. The number of hydrogen-bond acceptors (Lipinski definition) is 5. The Morgan fingerprint density at radius 3 is 2.80 bits per heavy atom. The molecule has 0 atom stereocenters. The lowest BCUT2D eigenvalue weighted by Crippen LogP contribution is -2.49. The van der Waals surface area contributed by atoms with Crippen LogP contribution in [0.4, 0.5) is 0 Å². The van der Waals surface area contributed by atoms with Crippen molar-refractivity contribution in [1.29, 1.82) is 0 Å². The molecule has 0 unspecified atom stereocenters. The largest absolute Gasteiger partial charge is 0.444 e. The third-order valence-electron chi connectivity index (χ3n) is 5.74. The molecule has 0 aromatic carbocycles. The number of nitrogens with zero attached hydrogens (tertiary/aromatic N) is 4. The molecule has 1 saturated heterocycles. The van der Waals surface area contributed by atoms with Gasteiger partial charge in [0.05, 0.1) is 24.5 Å². The first kappa shape index (κ1) is 15.3. The number of fused-ring (bicyclic) bond motifs is 2. The molecule has 0 saturated carbocycles. The van der Waals surface area contributed by atoms with Crippen LogP contribution in [0.1, 0.15) is 47.9 Å². The SMILES string of the molecule is O=c1cc2c(nn1CC1CN(Cc3nc4c(o3)CCC4)C1)CCCC2. The Bertz CT molecular complexity index is 826. The van der Waals surface area contributed by atoms with Crippen LogP contribution < -0.4 is 5.56 Å². The van der Waals surface area contributed by atoms with Crippen LogP contribution in [0, 0.1) is 5.92 Å². The maximum Gasteiger partial charge on any atom is 0.267 e. The van der Waals surface area contributed by atoms with E-state index < -0.39 is 0 Å². The highest BCUT2D eigenvalue weighted by Gasteiger charge is 2.30. The van der Waals surface area contributed by atoms with E-state index in [1.807, 2.05) is 6.07 Å². The van der Waals surface area contributed by atoms with E-state index in [1.165, 1.54) is 24.8 Å². The molecule has 2 aliphatic carbocycles. The van der Waals surface area contributed by atoms with E-state index >= 15 is 0 Å². The fourth-order valence-electron chi connectivity index (χ4n) is 4.40. The fourth-order valence-corrected chi connectivity index (χ4v) is 4.40. The van der Waals surface area contributed by atoms with Gasteiger partial charge >= 0.3 is 0 Å². The molecule has 0 N–H and O–H groups in total. The second kappa shape index (κ2) is 6.09. The van der Waals surface area contributed by atoms with Crippen LogP contribution in [0.25, 0.3) is 0 Å². The number of hydrogen-bond donors (Lipinski definition) is 0. The van der Waals surface area contributed by atoms with E-state index in [2.05, 4.69) is 15.0 Å². The zero-order chi connectivity index (χ0) is 16.8. The Kier molecular flexibility index (Phi) is 3.73. The lowest BCUT2D eigenvalue weighted by atomic mass is 9.96. The second-order valence-electron chi connectivity index (χ2n) is 7.73. The Morgan fingerprint density at radius 1 is 1.08 bits per heavy atom. The monoisotopic (exact) mass is 340 g/mol. The summed E-state index contributed by atoms with van der Waals surface area (Å²) < 4.78 is 7.53. The minimum atomic E-state index is 0.0585. The van der Waals surface area contributed by atoms with Crippen molar-refractivity contribution >= 4 is 0 Å². The number of aromatic nitrogens is 3. The normalized spacial score (nSPS) is 20.3. The van der Waals surface area contributed by atoms with E-state index in [1.54, 1.807) is 4.68 Å². The molecule has 132 valence electrons. The average Bonchev–Trinajstić information content (AvgIpc) is 3.14. The maximum atomic E-state index is 12.3. The molecule has 25 heavy (non-hydrogen) atoms. The molecule has 1 fully saturated rings. The lowest BCUT2D eigenvalue weighted by molar-refractivity contribution is 0.0674. The molecule has 0 radical (unpaired) electrons. The topological polar surface area (TPSA) is 64.2 Å². The number of rotatable bonds is 4. The zero-order valence-electron chi connectivity index (χ0n) is 14.5. The van der Waals surface area contributed by atoms with E-state index in [0.29, 0.717) is 5.92 Å². The van der Waals surface area contributed by atoms with Gasteiger partial charge in [-0.1, -0.05) is 0 Å². The summed E-state index contributed by atoms with van der Waals surface area (Å²) in [6.45, 7) is 3.48. The molecule has 6 heteroatoms. The highest BCUT2D eigenvalue weighted by atomic mass is 16.4. The number of oxazole rings is 1. The van der Waals surface area contributed by atoms with Crippen molar-refractivity contribution < 1.29 is 4.42 Å². The maximum absolute atomic E-state index is 12.3. The van der Waals surface area contributed by atoms with E-state index in [9.17, 15) is 4.79 Å². The third kappa shape index (κ3) is 2.92. The van der Waals surface area contributed by atoms with Crippen LogP contribution >= 0.6 is 0 Å². The van der Waals surface area contributed by atoms with Gasteiger partial charge in [0.25, 0.3) is 5.56 Å². The highest BCUT2D eigenvalue weighted by Crippen LogP contribution is 2.25. The van der Waals surface area contributed by atoms with Crippen LogP contribution in [0.2, 0.25) is 0 Å². The molecule has 6 nitrogen and oxygen atoms in total. The lowest BCUT2D eigenvalue weighted by Gasteiger charge is -2.38. The molecular weight excluding hydrogens is 316 g/mol. The summed E-state index contributed by atoms with van der Waals surface area (Å²) >= 11 is 0. The van der Waals surface area contributed by atoms with Crippen LogP contribution in [-0.2, 0) is 38.8 Å². The van der Waals surface area contributed by atoms with Crippen LogP contribution in [0.3, 0.4) is 0 Å². The van der Waals surface area contributed by atoms with Crippen molar-refractivity contribution in [2.75, 3.05) is 13.1 Å². The summed E-state index contributed by atoms with van der Waals surface area (Å²) in [6.07, 6.45) is 7.68. The van der Waals surface area contributed by atoms with Gasteiger partial charge in [-0.15, -0.1) is 0 Å². The Balaban J connectivity index is 1.19. The van der Waals surface area contributed by atoms with Gasteiger partial charge in [0.1, 0.15) is 5.76 Å². The van der Waals surface area contributed by atoms with Crippen LogP contribution in [-0.4, -0.2) is 32.8 Å².